The van der Waals surface area contributed by atoms with E-state index in [9.17, 15) is 0 Å². The second-order valence-electron chi connectivity index (χ2n) is 4.50. The zero-order chi connectivity index (χ0) is 9.73. The first-order valence-electron chi connectivity index (χ1n) is 5.57. The molecule has 1 heteroatoms. The standard InChI is InChI=1S/C12H23N/c1-4-8-11(13-5-2)12(3)9-6-7-10-12/h4,11,13H,1,5-10H2,2-3H3. The minimum Gasteiger partial charge on any atom is -0.313 e. The molecule has 0 amide bonds. The summed E-state index contributed by atoms with van der Waals surface area (Å²) >= 11 is 0. The number of hydrogen-bond donors (Lipinski definition) is 1. The van der Waals surface area contributed by atoms with Crippen molar-refractivity contribution < 1.29 is 0 Å². The van der Waals surface area contributed by atoms with E-state index in [-0.39, 0.29) is 0 Å². The summed E-state index contributed by atoms with van der Waals surface area (Å²) in [5.41, 5.74) is 0.532. The number of rotatable bonds is 5. The Labute approximate surface area is 82.6 Å². The van der Waals surface area contributed by atoms with Crippen molar-refractivity contribution in [3.63, 3.8) is 0 Å². The maximum Gasteiger partial charge on any atom is 0.0155 e. The van der Waals surface area contributed by atoms with Gasteiger partial charge in [0, 0.05) is 6.04 Å². The lowest BCUT2D eigenvalue weighted by molar-refractivity contribution is 0.224. The SMILES string of the molecule is C=CCC(NCC)C1(C)CCCC1. The summed E-state index contributed by atoms with van der Waals surface area (Å²) in [5, 5.41) is 3.59. The Balaban J connectivity index is 2.55. The van der Waals surface area contributed by atoms with Gasteiger partial charge in [0.25, 0.3) is 0 Å². The van der Waals surface area contributed by atoms with Crippen molar-refractivity contribution in [3.8, 4) is 0 Å². The molecule has 0 aliphatic heterocycles. The molecular weight excluding hydrogens is 158 g/mol. The third-order valence-corrected chi connectivity index (χ3v) is 3.44. The van der Waals surface area contributed by atoms with Crippen LogP contribution in [0.4, 0.5) is 0 Å². The lowest BCUT2D eigenvalue weighted by Crippen LogP contribution is -2.41. The highest BCUT2D eigenvalue weighted by atomic mass is 14.9. The smallest absolute Gasteiger partial charge is 0.0155 e. The molecule has 0 spiro atoms. The molecule has 1 rings (SSSR count). The average Bonchev–Trinajstić information content (AvgIpc) is 2.53. The van der Waals surface area contributed by atoms with Gasteiger partial charge in [-0.15, -0.1) is 6.58 Å². The van der Waals surface area contributed by atoms with Crippen molar-refractivity contribution in [1.29, 1.82) is 0 Å². The molecule has 1 fully saturated rings. The monoisotopic (exact) mass is 181 g/mol. The first-order chi connectivity index (χ1) is 6.23. The summed E-state index contributed by atoms with van der Waals surface area (Å²) < 4.78 is 0. The van der Waals surface area contributed by atoms with Crippen molar-refractivity contribution in [2.75, 3.05) is 6.54 Å². The van der Waals surface area contributed by atoms with Crippen LogP contribution in [0.1, 0.15) is 46.0 Å². The topological polar surface area (TPSA) is 12.0 Å². The molecule has 1 unspecified atom stereocenters. The van der Waals surface area contributed by atoms with Crippen molar-refractivity contribution in [2.45, 2.75) is 52.0 Å². The predicted molar refractivity (Wildman–Crippen MR) is 58.9 cm³/mol. The third kappa shape index (κ3) is 2.57. The lowest BCUT2D eigenvalue weighted by Gasteiger charge is -2.34. The van der Waals surface area contributed by atoms with Crippen LogP contribution < -0.4 is 5.32 Å². The maximum atomic E-state index is 3.85. The van der Waals surface area contributed by atoms with Gasteiger partial charge >= 0.3 is 0 Å². The van der Waals surface area contributed by atoms with E-state index in [1.54, 1.807) is 0 Å². The van der Waals surface area contributed by atoms with Gasteiger partial charge in [0.1, 0.15) is 0 Å². The van der Waals surface area contributed by atoms with Crippen LogP contribution in [0.15, 0.2) is 12.7 Å². The largest absolute Gasteiger partial charge is 0.313 e. The molecule has 1 aliphatic rings. The van der Waals surface area contributed by atoms with Gasteiger partial charge in [0.15, 0.2) is 0 Å². The molecule has 13 heavy (non-hydrogen) atoms. The molecule has 1 N–H and O–H groups in total. The van der Waals surface area contributed by atoms with Gasteiger partial charge in [0.2, 0.25) is 0 Å². The Kier molecular flexibility index (Phi) is 3.98. The van der Waals surface area contributed by atoms with Crippen LogP contribution in [0.2, 0.25) is 0 Å². The molecule has 1 nitrogen and oxygen atoms in total. The van der Waals surface area contributed by atoms with Crippen LogP contribution in [0, 0.1) is 5.41 Å². The van der Waals surface area contributed by atoms with E-state index in [1.165, 1.54) is 25.7 Å². The van der Waals surface area contributed by atoms with Crippen LogP contribution in [0.3, 0.4) is 0 Å². The van der Waals surface area contributed by atoms with Crippen LogP contribution in [-0.2, 0) is 0 Å². The summed E-state index contributed by atoms with van der Waals surface area (Å²) in [5.74, 6) is 0. The highest BCUT2D eigenvalue weighted by Crippen LogP contribution is 2.41. The van der Waals surface area contributed by atoms with E-state index in [2.05, 4.69) is 31.8 Å². The van der Waals surface area contributed by atoms with Crippen LogP contribution in [0.5, 0.6) is 0 Å². The summed E-state index contributed by atoms with van der Waals surface area (Å²) in [6, 6.07) is 0.650. The molecule has 1 aliphatic carbocycles. The van der Waals surface area contributed by atoms with E-state index in [1.807, 2.05) is 0 Å². The Morgan fingerprint density at radius 2 is 2.08 bits per heavy atom. The molecule has 0 radical (unpaired) electrons. The predicted octanol–water partition coefficient (Wildman–Crippen LogP) is 3.12. The van der Waals surface area contributed by atoms with Gasteiger partial charge in [-0.1, -0.05) is 32.8 Å². The highest BCUT2D eigenvalue weighted by Gasteiger charge is 2.35. The van der Waals surface area contributed by atoms with Crippen LogP contribution >= 0.6 is 0 Å². The van der Waals surface area contributed by atoms with E-state index < -0.39 is 0 Å². The maximum absolute atomic E-state index is 3.85. The molecular formula is C12H23N. The van der Waals surface area contributed by atoms with Gasteiger partial charge in [-0.05, 0) is 31.2 Å². The van der Waals surface area contributed by atoms with Gasteiger partial charge < -0.3 is 5.32 Å². The second kappa shape index (κ2) is 4.80. The highest BCUT2D eigenvalue weighted by molar-refractivity contribution is 4.94. The molecule has 0 aromatic heterocycles. The molecule has 0 aromatic rings. The number of nitrogens with one attached hydrogen (secondary N) is 1. The molecule has 76 valence electrons. The van der Waals surface area contributed by atoms with Gasteiger partial charge in [-0.2, -0.15) is 0 Å². The zero-order valence-corrected chi connectivity index (χ0v) is 9.10. The zero-order valence-electron chi connectivity index (χ0n) is 9.10. The fourth-order valence-electron chi connectivity index (χ4n) is 2.56. The molecule has 0 bridgehead atoms. The molecule has 1 saturated carbocycles. The summed E-state index contributed by atoms with van der Waals surface area (Å²) in [6.45, 7) is 9.54. The third-order valence-electron chi connectivity index (χ3n) is 3.44. The minimum absolute atomic E-state index is 0.532. The Morgan fingerprint density at radius 3 is 2.54 bits per heavy atom. The van der Waals surface area contributed by atoms with E-state index in [0.29, 0.717) is 11.5 Å². The quantitative estimate of drug-likeness (QED) is 0.643. The van der Waals surface area contributed by atoms with E-state index in [4.69, 9.17) is 0 Å². The van der Waals surface area contributed by atoms with Crippen molar-refractivity contribution in [1.82, 2.24) is 5.32 Å². The number of hydrogen-bond acceptors (Lipinski definition) is 1. The van der Waals surface area contributed by atoms with E-state index in [0.717, 1.165) is 13.0 Å². The fourth-order valence-corrected chi connectivity index (χ4v) is 2.56. The fraction of sp³-hybridized carbons (Fsp3) is 0.833. The summed E-state index contributed by atoms with van der Waals surface area (Å²) in [4.78, 5) is 0. The van der Waals surface area contributed by atoms with Crippen molar-refractivity contribution in [2.24, 2.45) is 5.41 Å². The first-order valence-corrected chi connectivity index (χ1v) is 5.57. The van der Waals surface area contributed by atoms with Gasteiger partial charge in [-0.25, -0.2) is 0 Å². The molecule has 1 atom stereocenters. The Morgan fingerprint density at radius 1 is 1.46 bits per heavy atom. The summed E-state index contributed by atoms with van der Waals surface area (Å²) in [7, 11) is 0. The minimum atomic E-state index is 0.532. The van der Waals surface area contributed by atoms with Crippen molar-refractivity contribution >= 4 is 0 Å². The second-order valence-corrected chi connectivity index (χ2v) is 4.50. The summed E-state index contributed by atoms with van der Waals surface area (Å²) in [6.07, 6.45) is 8.77. The normalized spacial score (nSPS) is 22.9. The van der Waals surface area contributed by atoms with Crippen LogP contribution in [0.25, 0.3) is 0 Å². The van der Waals surface area contributed by atoms with Gasteiger partial charge in [-0.3, -0.25) is 0 Å². The lowest BCUT2D eigenvalue weighted by atomic mass is 9.79. The first kappa shape index (κ1) is 10.8. The average molecular weight is 181 g/mol. The Bertz CT molecular complexity index is 157. The molecule has 0 saturated heterocycles. The molecule has 0 heterocycles. The van der Waals surface area contributed by atoms with Crippen LogP contribution in [-0.4, -0.2) is 12.6 Å². The van der Waals surface area contributed by atoms with Crippen molar-refractivity contribution in [3.05, 3.63) is 12.7 Å². The Hall–Kier alpha value is -0.300. The van der Waals surface area contributed by atoms with Gasteiger partial charge in [0.05, 0.1) is 0 Å². The molecule has 0 aromatic carbocycles. The van der Waals surface area contributed by atoms with E-state index >= 15 is 0 Å².